The first-order valence-corrected chi connectivity index (χ1v) is 6.95. The maximum atomic E-state index is 13.3. The number of rotatable bonds is 5. The van der Waals surface area contributed by atoms with Gasteiger partial charge in [-0.1, -0.05) is 26.0 Å². The van der Waals surface area contributed by atoms with Crippen molar-refractivity contribution in [3.8, 4) is 0 Å². The molecule has 0 aliphatic carbocycles. The first kappa shape index (κ1) is 14.5. The Bertz CT molecular complexity index is 562. The van der Waals surface area contributed by atoms with Crippen molar-refractivity contribution >= 4 is 11.4 Å². The van der Waals surface area contributed by atoms with Crippen LogP contribution < -0.4 is 11.1 Å². The van der Waals surface area contributed by atoms with Crippen LogP contribution in [0.5, 0.6) is 0 Å². The van der Waals surface area contributed by atoms with E-state index in [-0.39, 0.29) is 5.82 Å². The number of anilines is 2. The highest BCUT2D eigenvalue weighted by molar-refractivity contribution is 5.63. The summed E-state index contributed by atoms with van der Waals surface area (Å²) in [5.74, 6) is 0.289. The standard InChI is InChI=1S/C17H21FN2/c1-12(2)13-3-6-16(7-4-13)20-17-8-5-15(18)11-14(17)9-10-19/h3-8,11-12,20H,9-10,19H2,1-2H3. The zero-order chi connectivity index (χ0) is 14.5. The van der Waals surface area contributed by atoms with Gasteiger partial charge in [-0.3, -0.25) is 0 Å². The van der Waals surface area contributed by atoms with E-state index < -0.39 is 0 Å². The van der Waals surface area contributed by atoms with Gasteiger partial charge in [-0.25, -0.2) is 4.39 Å². The molecule has 20 heavy (non-hydrogen) atoms. The van der Waals surface area contributed by atoms with Crippen LogP contribution in [0.15, 0.2) is 42.5 Å². The molecule has 2 rings (SSSR count). The highest BCUT2D eigenvalue weighted by atomic mass is 19.1. The summed E-state index contributed by atoms with van der Waals surface area (Å²) in [5, 5.41) is 3.33. The second-order valence-electron chi connectivity index (χ2n) is 5.24. The quantitative estimate of drug-likeness (QED) is 0.856. The SMILES string of the molecule is CC(C)c1ccc(Nc2ccc(F)cc2CCN)cc1. The smallest absolute Gasteiger partial charge is 0.123 e. The third kappa shape index (κ3) is 3.58. The summed E-state index contributed by atoms with van der Waals surface area (Å²) >= 11 is 0. The minimum Gasteiger partial charge on any atom is -0.355 e. The van der Waals surface area contributed by atoms with Crippen LogP contribution in [0.4, 0.5) is 15.8 Å². The second kappa shape index (κ2) is 6.53. The van der Waals surface area contributed by atoms with E-state index >= 15 is 0 Å². The van der Waals surface area contributed by atoms with Gasteiger partial charge in [0.1, 0.15) is 5.82 Å². The van der Waals surface area contributed by atoms with Crippen LogP contribution >= 0.6 is 0 Å². The topological polar surface area (TPSA) is 38.0 Å². The van der Waals surface area contributed by atoms with Crippen molar-refractivity contribution in [2.45, 2.75) is 26.2 Å². The van der Waals surface area contributed by atoms with Crippen molar-refractivity contribution in [1.82, 2.24) is 0 Å². The molecule has 0 aliphatic heterocycles. The molecule has 0 saturated heterocycles. The average molecular weight is 272 g/mol. The molecule has 3 heteroatoms. The second-order valence-corrected chi connectivity index (χ2v) is 5.24. The fourth-order valence-electron chi connectivity index (χ4n) is 2.15. The molecule has 3 N–H and O–H groups in total. The summed E-state index contributed by atoms with van der Waals surface area (Å²) in [5.41, 5.74) is 9.69. The van der Waals surface area contributed by atoms with Crippen LogP contribution in [0.2, 0.25) is 0 Å². The van der Waals surface area contributed by atoms with Crippen LogP contribution in [0.25, 0.3) is 0 Å². The fraction of sp³-hybridized carbons (Fsp3) is 0.294. The monoisotopic (exact) mass is 272 g/mol. The van der Waals surface area contributed by atoms with Crippen LogP contribution in [0.3, 0.4) is 0 Å². The number of hydrogen-bond acceptors (Lipinski definition) is 2. The van der Waals surface area contributed by atoms with Gasteiger partial charge in [0.05, 0.1) is 0 Å². The van der Waals surface area contributed by atoms with Crippen molar-refractivity contribution < 1.29 is 4.39 Å². The van der Waals surface area contributed by atoms with Gasteiger partial charge in [0.15, 0.2) is 0 Å². The van der Waals surface area contributed by atoms with E-state index in [4.69, 9.17) is 5.73 Å². The molecule has 0 spiro atoms. The third-order valence-electron chi connectivity index (χ3n) is 3.34. The molecule has 2 aromatic carbocycles. The lowest BCUT2D eigenvalue weighted by Crippen LogP contribution is -2.05. The Hall–Kier alpha value is -1.87. The predicted molar refractivity (Wildman–Crippen MR) is 83.0 cm³/mol. The molecule has 0 unspecified atom stereocenters. The van der Waals surface area contributed by atoms with E-state index in [9.17, 15) is 4.39 Å². The minimum absolute atomic E-state index is 0.228. The number of nitrogens with two attached hydrogens (primary N) is 1. The molecule has 0 aromatic heterocycles. The molecule has 0 aliphatic rings. The number of benzene rings is 2. The first-order valence-electron chi connectivity index (χ1n) is 6.95. The minimum atomic E-state index is -0.228. The average Bonchev–Trinajstić information content (AvgIpc) is 2.43. The maximum absolute atomic E-state index is 13.3. The zero-order valence-corrected chi connectivity index (χ0v) is 12.0. The molecule has 2 aromatic rings. The van der Waals surface area contributed by atoms with Gasteiger partial charge >= 0.3 is 0 Å². The summed E-state index contributed by atoms with van der Waals surface area (Å²) in [6.07, 6.45) is 0.657. The summed E-state index contributed by atoms with van der Waals surface area (Å²) in [6.45, 7) is 4.84. The highest BCUT2D eigenvalue weighted by Crippen LogP contribution is 2.24. The molecule has 0 heterocycles. The molecule has 0 radical (unpaired) electrons. The molecule has 106 valence electrons. The molecule has 0 bridgehead atoms. The van der Waals surface area contributed by atoms with E-state index in [2.05, 4.69) is 31.3 Å². The van der Waals surface area contributed by atoms with E-state index in [0.29, 0.717) is 18.9 Å². The summed E-state index contributed by atoms with van der Waals surface area (Å²) < 4.78 is 13.3. The molecule has 0 amide bonds. The Morgan fingerprint density at radius 3 is 2.40 bits per heavy atom. The molecule has 2 nitrogen and oxygen atoms in total. The van der Waals surface area contributed by atoms with Gasteiger partial charge in [0, 0.05) is 11.4 Å². The number of halogens is 1. The summed E-state index contributed by atoms with van der Waals surface area (Å²) in [6, 6.07) is 13.1. The Morgan fingerprint density at radius 1 is 1.10 bits per heavy atom. The lowest BCUT2D eigenvalue weighted by Gasteiger charge is -2.13. The van der Waals surface area contributed by atoms with Crippen LogP contribution in [-0.4, -0.2) is 6.54 Å². The lowest BCUT2D eigenvalue weighted by molar-refractivity contribution is 0.625. The van der Waals surface area contributed by atoms with Gasteiger partial charge in [0.2, 0.25) is 0 Å². The van der Waals surface area contributed by atoms with Crippen molar-refractivity contribution in [2.24, 2.45) is 5.73 Å². The Morgan fingerprint density at radius 2 is 1.80 bits per heavy atom. The van der Waals surface area contributed by atoms with E-state index in [1.54, 1.807) is 6.07 Å². The van der Waals surface area contributed by atoms with E-state index in [1.165, 1.54) is 17.7 Å². The van der Waals surface area contributed by atoms with Crippen molar-refractivity contribution in [2.75, 3.05) is 11.9 Å². The molecule has 0 saturated carbocycles. The Labute approximate surface area is 119 Å². The highest BCUT2D eigenvalue weighted by Gasteiger charge is 2.05. The van der Waals surface area contributed by atoms with Gasteiger partial charge in [-0.15, -0.1) is 0 Å². The number of hydrogen-bond donors (Lipinski definition) is 2. The van der Waals surface area contributed by atoms with Crippen LogP contribution in [-0.2, 0) is 6.42 Å². The Kier molecular flexibility index (Phi) is 4.74. The molecule has 0 atom stereocenters. The predicted octanol–water partition coefficient (Wildman–Crippen LogP) is 4.19. The molecule has 0 fully saturated rings. The maximum Gasteiger partial charge on any atom is 0.123 e. The van der Waals surface area contributed by atoms with Crippen molar-refractivity contribution in [3.63, 3.8) is 0 Å². The van der Waals surface area contributed by atoms with Gasteiger partial charge in [-0.2, -0.15) is 0 Å². The van der Waals surface area contributed by atoms with Crippen LogP contribution in [0.1, 0.15) is 30.9 Å². The largest absolute Gasteiger partial charge is 0.355 e. The summed E-state index contributed by atoms with van der Waals surface area (Å²) in [4.78, 5) is 0. The zero-order valence-electron chi connectivity index (χ0n) is 12.0. The van der Waals surface area contributed by atoms with Gasteiger partial charge in [-0.05, 0) is 60.3 Å². The van der Waals surface area contributed by atoms with Crippen LogP contribution in [0, 0.1) is 5.82 Å². The third-order valence-corrected chi connectivity index (χ3v) is 3.34. The normalized spacial score (nSPS) is 10.8. The summed E-state index contributed by atoms with van der Waals surface area (Å²) in [7, 11) is 0. The number of nitrogens with one attached hydrogen (secondary N) is 1. The fourth-order valence-corrected chi connectivity index (χ4v) is 2.15. The van der Waals surface area contributed by atoms with E-state index in [1.807, 2.05) is 12.1 Å². The molecular weight excluding hydrogens is 251 g/mol. The van der Waals surface area contributed by atoms with E-state index in [0.717, 1.165) is 16.9 Å². The van der Waals surface area contributed by atoms with Gasteiger partial charge in [0.25, 0.3) is 0 Å². The van der Waals surface area contributed by atoms with Gasteiger partial charge < -0.3 is 11.1 Å². The van der Waals surface area contributed by atoms with Crippen molar-refractivity contribution in [1.29, 1.82) is 0 Å². The molecular formula is C17H21FN2. The lowest BCUT2D eigenvalue weighted by atomic mass is 10.0. The van der Waals surface area contributed by atoms with Crippen molar-refractivity contribution in [3.05, 3.63) is 59.4 Å². The Balaban J connectivity index is 2.20. The first-order chi connectivity index (χ1) is 9.60.